The third-order valence-electron chi connectivity index (χ3n) is 8.20. The summed E-state index contributed by atoms with van der Waals surface area (Å²) in [5.74, 6) is -2.05. The SMILES string of the molecule is COc1ccccc1-c1cccc(CNC2CCN(CC3Cn4c(=O)ccc5ccc(F)c3c54)CC2)c1.O=C(O)C(F)(F)F. The van der Waals surface area contributed by atoms with E-state index in [9.17, 15) is 22.4 Å². The summed E-state index contributed by atoms with van der Waals surface area (Å²) in [6.45, 7) is 4.11. The fraction of sp³-hybridized carbons (Fsp3) is 0.333. The molecule has 0 bridgehead atoms. The molecule has 232 valence electrons. The lowest BCUT2D eigenvalue weighted by Gasteiger charge is -2.34. The third-order valence-corrected chi connectivity index (χ3v) is 8.20. The summed E-state index contributed by atoms with van der Waals surface area (Å²) < 4.78 is 53.9. The van der Waals surface area contributed by atoms with Crippen molar-refractivity contribution in [3.8, 4) is 16.9 Å². The highest BCUT2D eigenvalue weighted by Gasteiger charge is 2.38. The minimum absolute atomic E-state index is 0.0148. The third kappa shape index (κ3) is 6.95. The molecule has 0 saturated carbocycles. The molecule has 2 N–H and O–H groups in total. The average Bonchev–Trinajstić information content (AvgIpc) is 3.41. The van der Waals surface area contributed by atoms with Gasteiger partial charge in [0.1, 0.15) is 11.6 Å². The second-order valence-electron chi connectivity index (χ2n) is 11.0. The van der Waals surface area contributed by atoms with Crippen LogP contribution in [0.2, 0.25) is 0 Å². The Balaban J connectivity index is 0.000000493. The van der Waals surface area contributed by atoms with Crippen LogP contribution in [0.15, 0.2) is 77.6 Å². The number of benzene rings is 3. The molecular formula is C33H33F4N3O4. The van der Waals surface area contributed by atoms with Crippen molar-refractivity contribution in [1.29, 1.82) is 0 Å². The summed E-state index contributed by atoms with van der Waals surface area (Å²) in [5, 5.41) is 11.8. The number of carboxylic acids is 1. The Morgan fingerprint density at radius 3 is 2.43 bits per heavy atom. The molecule has 11 heteroatoms. The van der Waals surface area contributed by atoms with Gasteiger partial charge < -0.3 is 24.6 Å². The minimum atomic E-state index is -5.08. The molecule has 3 heterocycles. The second kappa shape index (κ2) is 13.2. The number of pyridine rings is 1. The molecule has 0 radical (unpaired) electrons. The quantitative estimate of drug-likeness (QED) is 0.257. The molecule has 4 aromatic rings. The van der Waals surface area contributed by atoms with Crippen LogP contribution in [-0.4, -0.2) is 59.5 Å². The van der Waals surface area contributed by atoms with Crippen LogP contribution in [0, 0.1) is 5.82 Å². The van der Waals surface area contributed by atoms with Crippen LogP contribution in [0.1, 0.15) is 29.9 Å². The van der Waals surface area contributed by atoms with Gasteiger partial charge in [0, 0.05) is 48.8 Å². The smallest absolute Gasteiger partial charge is 0.490 e. The Morgan fingerprint density at radius 1 is 1.02 bits per heavy atom. The van der Waals surface area contributed by atoms with Crippen molar-refractivity contribution in [3.05, 3.63) is 100 Å². The van der Waals surface area contributed by atoms with Crippen molar-refractivity contribution in [2.24, 2.45) is 0 Å². The van der Waals surface area contributed by atoms with Crippen molar-refractivity contribution in [3.63, 3.8) is 0 Å². The van der Waals surface area contributed by atoms with E-state index in [0.29, 0.717) is 18.2 Å². The number of para-hydroxylation sites is 1. The van der Waals surface area contributed by atoms with Gasteiger partial charge in [-0.15, -0.1) is 0 Å². The summed E-state index contributed by atoms with van der Waals surface area (Å²) in [7, 11) is 1.71. The van der Waals surface area contributed by atoms with E-state index in [1.807, 2.05) is 24.3 Å². The van der Waals surface area contributed by atoms with Crippen molar-refractivity contribution in [2.75, 3.05) is 26.7 Å². The topological polar surface area (TPSA) is 83.8 Å². The van der Waals surface area contributed by atoms with Crippen LogP contribution in [0.3, 0.4) is 0 Å². The predicted octanol–water partition coefficient (Wildman–Crippen LogP) is 5.80. The maximum atomic E-state index is 14.8. The monoisotopic (exact) mass is 611 g/mol. The van der Waals surface area contributed by atoms with Crippen molar-refractivity contribution in [1.82, 2.24) is 14.8 Å². The number of ether oxygens (including phenoxy) is 1. The minimum Gasteiger partial charge on any atom is -0.496 e. The molecule has 3 aromatic carbocycles. The highest BCUT2D eigenvalue weighted by molar-refractivity contribution is 5.84. The molecule has 1 aromatic heterocycles. The number of nitrogens with zero attached hydrogens (tertiary/aromatic N) is 2. The number of hydrogen-bond donors (Lipinski definition) is 2. The van der Waals surface area contributed by atoms with Gasteiger partial charge >= 0.3 is 12.1 Å². The highest BCUT2D eigenvalue weighted by atomic mass is 19.4. The van der Waals surface area contributed by atoms with Crippen molar-refractivity contribution in [2.45, 2.75) is 44.1 Å². The second-order valence-corrected chi connectivity index (χ2v) is 11.0. The van der Waals surface area contributed by atoms with Gasteiger partial charge in [0.2, 0.25) is 0 Å². The number of hydrogen-bond acceptors (Lipinski definition) is 5. The van der Waals surface area contributed by atoms with Gasteiger partial charge in [0.15, 0.2) is 0 Å². The van der Waals surface area contributed by atoms with Crippen molar-refractivity contribution < 1.29 is 32.2 Å². The summed E-state index contributed by atoms with van der Waals surface area (Å²) >= 11 is 0. The fourth-order valence-corrected chi connectivity index (χ4v) is 6.05. The fourth-order valence-electron chi connectivity index (χ4n) is 6.05. The number of aliphatic carboxylic acids is 1. The van der Waals surface area contributed by atoms with Gasteiger partial charge in [-0.2, -0.15) is 13.2 Å². The van der Waals surface area contributed by atoms with Gasteiger partial charge in [0.25, 0.3) is 5.56 Å². The van der Waals surface area contributed by atoms with Gasteiger partial charge in [0.05, 0.1) is 12.6 Å². The van der Waals surface area contributed by atoms with E-state index in [1.54, 1.807) is 29.9 Å². The van der Waals surface area contributed by atoms with Crippen LogP contribution in [0.5, 0.6) is 5.75 Å². The molecular weight excluding hydrogens is 578 g/mol. The number of carbonyl (C=O) groups is 1. The van der Waals surface area contributed by atoms with Gasteiger partial charge in [-0.3, -0.25) is 4.79 Å². The summed E-state index contributed by atoms with van der Waals surface area (Å²) in [6, 6.07) is 23.9. The van der Waals surface area contributed by atoms with Gasteiger partial charge in [-0.05, 0) is 72.8 Å². The number of halogens is 4. The zero-order valence-electron chi connectivity index (χ0n) is 24.1. The molecule has 0 spiro atoms. The number of piperidine rings is 1. The number of nitrogens with one attached hydrogen (secondary N) is 1. The van der Waals surface area contributed by atoms with Gasteiger partial charge in [-0.1, -0.05) is 36.4 Å². The average molecular weight is 612 g/mol. The molecule has 2 aliphatic rings. The number of carboxylic acid groups (broad SMARTS) is 1. The normalized spacial score (nSPS) is 16.9. The molecule has 7 nitrogen and oxygen atoms in total. The zero-order valence-corrected chi connectivity index (χ0v) is 24.1. The Bertz CT molecular complexity index is 1700. The van der Waals surface area contributed by atoms with Crippen LogP contribution >= 0.6 is 0 Å². The first-order valence-electron chi connectivity index (χ1n) is 14.3. The molecule has 2 aliphatic heterocycles. The molecule has 44 heavy (non-hydrogen) atoms. The van der Waals surface area contributed by atoms with Crippen LogP contribution in [0.25, 0.3) is 22.0 Å². The standard InChI is InChI=1S/C31H32FN3O2.C2HF3O2/c1-37-28-8-3-2-7-26(28)23-6-4-5-21(17-23)18-33-25-13-15-34(16-14-25)19-24-20-35-29(36)12-10-22-9-11-27(32)30(24)31(22)35;3-2(4,5)1(6)7/h2-12,17,24-25,33H,13-16,18-20H2,1H3;(H,6,7). The highest BCUT2D eigenvalue weighted by Crippen LogP contribution is 2.35. The van der Waals surface area contributed by atoms with E-state index < -0.39 is 12.1 Å². The Labute approximate surface area is 251 Å². The molecule has 1 atom stereocenters. The molecule has 1 unspecified atom stereocenters. The van der Waals surface area contributed by atoms with E-state index in [-0.39, 0.29) is 17.3 Å². The van der Waals surface area contributed by atoms with E-state index in [2.05, 4.69) is 40.5 Å². The van der Waals surface area contributed by atoms with Crippen LogP contribution in [0.4, 0.5) is 17.6 Å². The van der Waals surface area contributed by atoms with E-state index >= 15 is 0 Å². The maximum absolute atomic E-state index is 14.8. The van der Waals surface area contributed by atoms with E-state index in [4.69, 9.17) is 14.6 Å². The van der Waals surface area contributed by atoms with Crippen LogP contribution < -0.4 is 15.6 Å². The lowest BCUT2D eigenvalue weighted by atomic mass is 9.96. The number of alkyl halides is 3. The number of likely N-dealkylation sites (tertiary alicyclic amines) is 1. The Morgan fingerprint density at radius 2 is 1.73 bits per heavy atom. The van der Waals surface area contributed by atoms with Crippen LogP contribution in [-0.2, 0) is 17.9 Å². The largest absolute Gasteiger partial charge is 0.496 e. The van der Waals surface area contributed by atoms with E-state index in [0.717, 1.165) is 66.8 Å². The number of methoxy groups -OCH3 is 1. The first-order chi connectivity index (χ1) is 21.0. The van der Waals surface area contributed by atoms with E-state index in [1.165, 1.54) is 5.56 Å². The van der Waals surface area contributed by atoms with Gasteiger partial charge in [-0.25, -0.2) is 9.18 Å². The maximum Gasteiger partial charge on any atom is 0.490 e. The lowest BCUT2D eigenvalue weighted by Crippen LogP contribution is -2.43. The first kappa shape index (κ1) is 31.2. The molecule has 1 saturated heterocycles. The van der Waals surface area contributed by atoms with Crippen molar-refractivity contribution >= 4 is 16.9 Å². The summed E-state index contributed by atoms with van der Waals surface area (Å²) in [4.78, 5) is 23.8. The Hall–Kier alpha value is -4.22. The zero-order chi connectivity index (χ0) is 31.4. The molecule has 0 aliphatic carbocycles. The number of aromatic nitrogens is 1. The number of rotatable bonds is 7. The predicted molar refractivity (Wildman–Crippen MR) is 159 cm³/mol. The Kier molecular flexibility index (Phi) is 9.36. The summed E-state index contributed by atoms with van der Waals surface area (Å²) in [6.07, 6.45) is -2.98. The molecule has 0 amide bonds. The lowest BCUT2D eigenvalue weighted by molar-refractivity contribution is -0.192. The summed E-state index contributed by atoms with van der Waals surface area (Å²) in [5.41, 5.74) is 4.96. The molecule has 6 rings (SSSR count). The first-order valence-corrected chi connectivity index (χ1v) is 14.3. The molecule has 1 fully saturated rings.